The van der Waals surface area contributed by atoms with Crippen molar-refractivity contribution in [3.8, 4) is 17.0 Å². The van der Waals surface area contributed by atoms with Gasteiger partial charge in [-0.1, -0.05) is 18.9 Å². The minimum Gasteiger partial charge on any atom is -0.497 e. The van der Waals surface area contributed by atoms with Crippen molar-refractivity contribution in [1.82, 2.24) is 10.3 Å². The fourth-order valence-corrected chi connectivity index (χ4v) is 3.33. The van der Waals surface area contributed by atoms with Crippen molar-refractivity contribution in [2.75, 3.05) is 7.11 Å². The van der Waals surface area contributed by atoms with Gasteiger partial charge in [-0.15, -0.1) is 0 Å². The number of methoxy groups -OCH3 is 1. The first kappa shape index (κ1) is 16.5. The number of carbonyl (C=O) groups excluding carboxylic acids is 1. The molecule has 4 nitrogen and oxygen atoms in total. The van der Waals surface area contributed by atoms with Gasteiger partial charge in [0.25, 0.3) is 0 Å². The Kier molecular flexibility index (Phi) is 5.47. The first-order valence-corrected chi connectivity index (χ1v) is 8.61. The summed E-state index contributed by atoms with van der Waals surface area (Å²) in [5.74, 6) is 1.53. The number of rotatable bonds is 6. The number of nitrogens with one attached hydrogen (secondary N) is 1. The lowest BCUT2D eigenvalue weighted by atomic mass is 10.0. The monoisotopic (exact) mass is 324 g/mol. The van der Waals surface area contributed by atoms with Crippen LogP contribution in [0.5, 0.6) is 5.75 Å². The van der Waals surface area contributed by atoms with E-state index in [2.05, 4.69) is 10.3 Å². The fourth-order valence-electron chi connectivity index (χ4n) is 3.33. The molecule has 3 rings (SSSR count). The van der Waals surface area contributed by atoms with Crippen LogP contribution in [0.3, 0.4) is 0 Å². The second kappa shape index (κ2) is 7.95. The second-order valence-electron chi connectivity index (χ2n) is 6.37. The molecule has 0 aliphatic heterocycles. The Morgan fingerprint density at radius 1 is 1.21 bits per heavy atom. The quantitative estimate of drug-likeness (QED) is 0.875. The Morgan fingerprint density at radius 3 is 2.67 bits per heavy atom. The number of pyridine rings is 1. The molecule has 24 heavy (non-hydrogen) atoms. The fraction of sp³-hybridized carbons (Fsp3) is 0.400. The van der Waals surface area contributed by atoms with E-state index in [1.54, 1.807) is 13.3 Å². The van der Waals surface area contributed by atoms with Gasteiger partial charge in [-0.25, -0.2) is 0 Å². The molecule has 0 atom stereocenters. The smallest absolute Gasteiger partial charge is 0.220 e. The number of carbonyl (C=O) groups is 1. The van der Waals surface area contributed by atoms with E-state index in [9.17, 15) is 4.79 Å². The van der Waals surface area contributed by atoms with Crippen LogP contribution in [0.15, 0.2) is 42.6 Å². The second-order valence-corrected chi connectivity index (χ2v) is 6.37. The Labute approximate surface area is 143 Å². The van der Waals surface area contributed by atoms with E-state index < -0.39 is 0 Å². The molecule has 1 saturated carbocycles. The highest BCUT2D eigenvalue weighted by molar-refractivity contribution is 5.76. The Bertz CT molecular complexity index is 676. The molecule has 2 aromatic rings. The van der Waals surface area contributed by atoms with Gasteiger partial charge in [-0.2, -0.15) is 0 Å². The van der Waals surface area contributed by atoms with Crippen LogP contribution in [0.1, 0.15) is 37.7 Å². The highest BCUT2D eigenvalue weighted by atomic mass is 16.5. The SMILES string of the molecule is COc1ccc(-c2ncccc2CNC(=O)CC2CCCC2)cc1. The van der Waals surface area contributed by atoms with Gasteiger partial charge in [0.1, 0.15) is 5.75 Å². The van der Waals surface area contributed by atoms with Crippen LogP contribution in [-0.4, -0.2) is 18.0 Å². The average molecular weight is 324 g/mol. The predicted octanol–water partition coefficient (Wildman–Crippen LogP) is 3.95. The molecular formula is C20H24N2O2. The number of hydrogen-bond donors (Lipinski definition) is 1. The van der Waals surface area contributed by atoms with Crippen LogP contribution >= 0.6 is 0 Å². The summed E-state index contributed by atoms with van der Waals surface area (Å²) >= 11 is 0. The van der Waals surface area contributed by atoms with Gasteiger partial charge in [0.05, 0.1) is 12.8 Å². The summed E-state index contributed by atoms with van der Waals surface area (Å²) in [4.78, 5) is 16.6. The molecule has 0 unspecified atom stereocenters. The Morgan fingerprint density at radius 2 is 1.96 bits per heavy atom. The molecule has 1 aliphatic carbocycles. The first-order valence-electron chi connectivity index (χ1n) is 8.61. The van der Waals surface area contributed by atoms with E-state index in [-0.39, 0.29) is 5.91 Å². The largest absolute Gasteiger partial charge is 0.497 e. The van der Waals surface area contributed by atoms with Crippen LogP contribution in [0.2, 0.25) is 0 Å². The van der Waals surface area contributed by atoms with Crippen molar-refractivity contribution >= 4 is 5.91 Å². The van der Waals surface area contributed by atoms with E-state index in [1.807, 2.05) is 36.4 Å². The highest BCUT2D eigenvalue weighted by Gasteiger charge is 2.18. The molecule has 1 aliphatic rings. The molecule has 0 bridgehead atoms. The summed E-state index contributed by atoms with van der Waals surface area (Å²) in [6, 6.07) is 11.8. The van der Waals surface area contributed by atoms with Crippen LogP contribution < -0.4 is 10.1 Å². The van der Waals surface area contributed by atoms with Gasteiger partial charge < -0.3 is 10.1 Å². The predicted molar refractivity (Wildman–Crippen MR) is 94.6 cm³/mol. The van der Waals surface area contributed by atoms with Gasteiger partial charge >= 0.3 is 0 Å². The number of nitrogens with zero attached hydrogens (tertiary/aromatic N) is 1. The van der Waals surface area contributed by atoms with Gasteiger partial charge in [-0.3, -0.25) is 9.78 Å². The van der Waals surface area contributed by atoms with Crippen LogP contribution in [0.25, 0.3) is 11.3 Å². The summed E-state index contributed by atoms with van der Waals surface area (Å²) in [6.45, 7) is 0.515. The third kappa shape index (κ3) is 4.13. The van der Waals surface area contributed by atoms with E-state index in [1.165, 1.54) is 25.7 Å². The number of ether oxygens (including phenoxy) is 1. The molecule has 1 aromatic heterocycles. The van der Waals surface area contributed by atoms with Crippen LogP contribution in [0, 0.1) is 5.92 Å². The summed E-state index contributed by atoms with van der Waals surface area (Å²) in [5.41, 5.74) is 2.96. The summed E-state index contributed by atoms with van der Waals surface area (Å²) in [5, 5.41) is 3.05. The van der Waals surface area contributed by atoms with Gasteiger partial charge in [0.2, 0.25) is 5.91 Å². The lowest BCUT2D eigenvalue weighted by Crippen LogP contribution is -2.24. The van der Waals surface area contributed by atoms with Crippen LogP contribution in [0.4, 0.5) is 0 Å². The average Bonchev–Trinajstić information content (AvgIpc) is 3.13. The Balaban J connectivity index is 1.66. The third-order valence-corrected chi connectivity index (χ3v) is 4.68. The number of amides is 1. The molecule has 1 amide bonds. The van der Waals surface area contributed by atoms with Gasteiger partial charge in [-0.05, 0) is 54.7 Å². The van der Waals surface area contributed by atoms with E-state index in [0.717, 1.165) is 22.6 Å². The van der Waals surface area contributed by atoms with Crippen molar-refractivity contribution in [2.24, 2.45) is 5.92 Å². The van der Waals surface area contributed by atoms with Crippen molar-refractivity contribution in [3.05, 3.63) is 48.2 Å². The van der Waals surface area contributed by atoms with E-state index >= 15 is 0 Å². The van der Waals surface area contributed by atoms with Crippen LogP contribution in [-0.2, 0) is 11.3 Å². The Hall–Kier alpha value is -2.36. The van der Waals surface area contributed by atoms with Gasteiger partial charge in [0, 0.05) is 24.7 Å². The number of benzene rings is 1. The van der Waals surface area contributed by atoms with Crippen molar-refractivity contribution < 1.29 is 9.53 Å². The zero-order valence-corrected chi connectivity index (χ0v) is 14.1. The minimum absolute atomic E-state index is 0.145. The van der Waals surface area contributed by atoms with Gasteiger partial charge in [0.15, 0.2) is 0 Å². The van der Waals surface area contributed by atoms with Crippen molar-refractivity contribution in [3.63, 3.8) is 0 Å². The summed E-state index contributed by atoms with van der Waals surface area (Å²) in [7, 11) is 1.65. The molecule has 1 N–H and O–H groups in total. The van der Waals surface area contributed by atoms with E-state index in [4.69, 9.17) is 4.74 Å². The first-order chi connectivity index (χ1) is 11.8. The molecule has 0 saturated heterocycles. The standard InChI is InChI=1S/C20H24N2O2/c1-24-18-10-8-16(9-11-18)20-17(7-4-12-21-20)14-22-19(23)13-15-5-2-3-6-15/h4,7-12,15H,2-3,5-6,13-14H2,1H3,(H,22,23). The molecular weight excluding hydrogens is 300 g/mol. The zero-order valence-electron chi connectivity index (χ0n) is 14.1. The lowest BCUT2D eigenvalue weighted by Gasteiger charge is -2.12. The molecule has 1 fully saturated rings. The van der Waals surface area contributed by atoms with Crippen molar-refractivity contribution in [2.45, 2.75) is 38.6 Å². The minimum atomic E-state index is 0.145. The molecule has 0 spiro atoms. The van der Waals surface area contributed by atoms with Crippen molar-refractivity contribution in [1.29, 1.82) is 0 Å². The zero-order chi connectivity index (χ0) is 16.8. The maximum Gasteiger partial charge on any atom is 0.220 e. The third-order valence-electron chi connectivity index (χ3n) is 4.68. The lowest BCUT2D eigenvalue weighted by molar-refractivity contribution is -0.122. The maximum atomic E-state index is 12.2. The molecule has 126 valence electrons. The van der Waals surface area contributed by atoms with E-state index in [0.29, 0.717) is 18.9 Å². The summed E-state index contributed by atoms with van der Waals surface area (Å²) < 4.78 is 5.20. The number of hydrogen-bond acceptors (Lipinski definition) is 3. The molecule has 1 aromatic carbocycles. The highest BCUT2D eigenvalue weighted by Crippen LogP contribution is 2.27. The maximum absolute atomic E-state index is 12.2. The normalized spacial score (nSPS) is 14.5. The molecule has 4 heteroatoms. The molecule has 1 heterocycles. The summed E-state index contributed by atoms with van der Waals surface area (Å²) in [6.07, 6.45) is 7.35. The topological polar surface area (TPSA) is 51.2 Å². The number of aromatic nitrogens is 1. The molecule has 0 radical (unpaired) electrons.